The van der Waals surface area contributed by atoms with E-state index in [0.29, 0.717) is 6.04 Å². The standard InChI is InChI=1S/C18H21Br2N/c1-3-9-21-18(11-14-6-4-5-13(2)10-14)16-12-15(19)7-8-17(16)20/h4-8,10,12,18,21H,3,9,11H2,1-2H3. The summed E-state index contributed by atoms with van der Waals surface area (Å²) in [5.74, 6) is 0. The van der Waals surface area contributed by atoms with Gasteiger partial charge in [-0.3, -0.25) is 0 Å². The third-order valence-corrected chi connectivity index (χ3v) is 4.71. The van der Waals surface area contributed by atoms with Crippen molar-refractivity contribution in [2.45, 2.75) is 32.7 Å². The Kier molecular flexibility index (Phi) is 6.46. The highest BCUT2D eigenvalue weighted by Gasteiger charge is 2.15. The van der Waals surface area contributed by atoms with E-state index in [9.17, 15) is 0 Å². The van der Waals surface area contributed by atoms with Crippen LogP contribution in [0.15, 0.2) is 51.4 Å². The van der Waals surface area contributed by atoms with E-state index in [1.165, 1.54) is 16.7 Å². The molecule has 1 atom stereocenters. The lowest BCUT2D eigenvalue weighted by molar-refractivity contribution is 0.527. The number of nitrogens with one attached hydrogen (secondary N) is 1. The third kappa shape index (κ3) is 4.94. The van der Waals surface area contributed by atoms with Crippen LogP contribution in [-0.4, -0.2) is 6.54 Å². The molecule has 1 N–H and O–H groups in total. The molecule has 1 nitrogen and oxygen atoms in total. The molecule has 0 heterocycles. The molecule has 0 saturated heterocycles. The molecule has 2 rings (SSSR count). The minimum absolute atomic E-state index is 0.318. The van der Waals surface area contributed by atoms with Crippen LogP contribution < -0.4 is 5.32 Å². The summed E-state index contributed by atoms with van der Waals surface area (Å²) in [5, 5.41) is 3.67. The first-order valence-corrected chi connectivity index (χ1v) is 8.92. The number of aryl methyl sites for hydroxylation is 1. The second-order valence-electron chi connectivity index (χ2n) is 5.37. The van der Waals surface area contributed by atoms with Gasteiger partial charge in [-0.1, -0.05) is 68.6 Å². The van der Waals surface area contributed by atoms with Gasteiger partial charge in [0, 0.05) is 15.0 Å². The lowest BCUT2D eigenvalue weighted by Gasteiger charge is -2.21. The zero-order chi connectivity index (χ0) is 15.2. The van der Waals surface area contributed by atoms with Crippen LogP contribution in [0, 0.1) is 6.92 Å². The summed E-state index contributed by atoms with van der Waals surface area (Å²) in [6.07, 6.45) is 2.13. The predicted octanol–water partition coefficient (Wildman–Crippen LogP) is 5.80. The molecule has 0 aliphatic carbocycles. The number of hydrogen-bond donors (Lipinski definition) is 1. The van der Waals surface area contributed by atoms with Crippen molar-refractivity contribution in [3.8, 4) is 0 Å². The average molecular weight is 411 g/mol. The van der Waals surface area contributed by atoms with E-state index in [-0.39, 0.29) is 0 Å². The van der Waals surface area contributed by atoms with Gasteiger partial charge in [-0.2, -0.15) is 0 Å². The molecular weight excluding hydrogens is 390 g/mol. The van der Waals surface area contributed by atoms with Gasteiger partial charge in [-0.05, 0) is 55.6 Å². The molecule has 0 saturated carbocycles. The van der Waals surface area contributed by atoms with Crippen LogP contribution in [0.4, 0.5) is 0 Å². The number of rotatable bonds is 6. The summed E-state index contributed by atoms with van der Waals surface area (Å²) in [6.45, 7) is 5.37. The van der Waals surface area contributed by atoms with Crippen LogP contribution in [0.3, 0.4) is 0 Å². The van der Waals surface area contributed by atoms with E-state index in [4.69, 9.17) is 0 Å². The van der Waals surface area contributed by atoms with E-state index in [0.717, 1.165) is 28.3 Å². The SMILES string of the molecule is CCCNC(Cc1cccc(C)c1)c1cc(Br)ccc1Br. The van der Waals surface area contributed by atoms with Gasteiger partial charge in [0.05, 0.1) is 0 Å². The zero-order valence-corrected chi connectivity index (χ0v) is 15.7. The summed E-state index contributed by atoms with van der Waals surface area (Å²) in [7, 11) is 0. The monoisotopic (exact) mass is 409 g/mol. The maximum absolute atomic E-state index is 3.69. The normalized spacial score (nSPS) is 12.4. The van der Waals surface area contributed by atoms with Crippen molar-refractivity contribution < 1.29 is 0 Å². The van der Waals surface area contributed by atoms with E-state index in [2.05, 4.69) is 93.5 Å². The molecule has 112 valence electrons. The molecule has 2 aromatic rings. The number of halogens is 2. The van der Waals surface area contributed by atoms with Gasteiger partial charge in [0.2, 0.25) is 0 Å². The molecule has 2 aromatic carbocycles. The van der Waals surface area contributed by atoms with Gasteiger partial charge in [0.25, 0.3) is 0 Å². The molecule has 0 aromatic heterocycles. The quantitative estimate of drug-likeness (QED) is 0.634. The lowest BCUT2D eigenvalue weighted by atomic mass is 9.98. The Morgan fingerprint density at radius 2 is 1.90 bits per heavy atom. The van der Waals surface area contributed by atoms with Gasteiger partial charge in [-0.15, -0.1) is 0 Å². The summed E-state index contributed by atoms with van der Waals surface area (Å²) in [4.78, 5) is 0. The van der Waals surface area contributed by atoms with Crippen LogP contribution in [0.2, 0.25) is 0 Å². The Bertz CT molecular complexity index is 596. The van der Waals surface area contributed by atoms with E-state index >= 15 is 0 Å². The molecule has 0 amide bonds. The second kappa shape index (κ2) is 8.11. The molecule has 0 spiro atoms. The van der Waals surface area contributed by atoms with Crippen LogP contribution in [0.1, 0.15) is 36.1 Å². The van der Waals surface area contributed by atoms with Crippen molar-refractivity contribution in [1.82, 2.24) is 5.32 Å². The fraction of sp³-hybridized carbons (Fsp3) is 0.333. The fourth-order valence-electron chi connectivity index (χ4n) is 2.47. The minimum atomic E-state index is 0.318. The Hall–Kier alpha value is -0.640. The fourth-order valence-corrected chi connectivity index (χ4v) is 3.37. The average Bonchev–Trinajstić information content (AvgIpc) is 2.46. The first kappa shape index (κ1) is 16.7. The van der Waals surface area contributed by atoms with Gasteiger partial charge < -0.3 is 5.32 Å². The van der Waals surface area contributed by atoms with Crippen molar-refractivity contribution >= 4 is 31.9 Å². The maximum atomic E-state index is 3.69. The van der Waals surface area contributed by atoms with Crippen LogP contribution in [0.25, 0.3) is 0 Å². The van der Waals surface area contributed by atoms with Crippen molar-refractivity contribution in [3.63, 3.8) is 0 Å². The highest BCUT2D eigenvalue weighted by atomic mass is 79.9. The maximum Gasteiger partial charge on any atom is 0.0372 e. The number of benzene rings is 2. The topological polar surface area (TPSA) is 12.0 Å². The van der Waals surface area contributed by atoms with E-state index < -0.39 is 0 Å². The highest BCUT2D eigenvalue weighted by molar-refractivity contribution is 9.11. The molecule has 3 heteroatoms. The molecule has 0 bridgehead atoms. The van der Waals surface area contributed by atoms with Crippen LogP contribution >= 0.6 is 31.9 Å². The van der Waals surface area contributed by atoms with E-state index in [1.54, 1.807) is 0 Å². The molecular formula is C18H21Br2N. The van der Waals surface area contributed by atoms with Crippen molar-refractivity contribution in [2.24, 2.45) is 0 Å². The molecule has 0 radical (unpaired) electrons. The van der Waals surface area contributed by atoms with Crippen molar-refractivity contribution in [1.29, 1.82) is 0 Å². The second-order valence-corrected chi connectivity index (χ2v) is 7.14. The van der Waals surface area contributed by atoms with Gasteiger partial charge in [-0.25, -0.2) is 0 Å². The summed E-state index contributed by atoms with van der Waals surface area (Å²) in [6, 6.07) is 15.5. The first-order valence-electron chi connectivity index (χ1n) is 7.34. The van der Waals surface area contributed by atoms with Gasteiger partial charge in [0.1, 0.15) is 0 Å². The van der Waals surface area contributed by atoms with E-state index in [1.807, 2.05) is 0 Å². The zero-order valence-electron chi connectivity index (χ0n) is 12.5. The molecule has 1 unspecified atom stereocenters. The Labute approximate surface area is 144 Å². The van der Waals surface area contributed by atoms with Crippen molar-refractivity contribution in [2.75, 3.05) is 6.54 Å². The lowest BCUT2D eigenvalue weighted by Crippen LogP contribution is -2.24. The summed E-state index contributed by atoms with van der Waals surface area (Å²) in [5.41, 5.74) is 3.99. The molecule has 0 fully saturated rings. The number of hydrogen-bond acceptors (Lipinski definition) is 1. The Morgan fingerprint density at radius 3 is 2.62 bits per heavy atom. The Balaban J connectivity index is 2.27. The minimum Gasteiger partial charge on any atom is -0.310 e. The first-order chi connectivity index (χ1) is 10.1. The predicted molar refractivity (Wildman–Crippen MR) is 97.8 cm³/mol. The largest absolute Gasteiger partial charge is 0.310 e. The van der Waals surface area contributed by atoms with Gasteiger partial charge in [0.15, 0.2) is 0 Å². The van der Waals surface area contributed by atoms with Crippen LogP contribution in [0.5, 0.6) is 0 Å². The molecule has 0 aliphatic rings. The summed E-state index contributed by atoms with van der Waals surface area (Å²) >= 11 is 7.27. The third-order valence-electron chi connectivity index (χ3n) is 3.50. The van der Waals surface area contributed by atoms with Gasteiger partial charge >= 0.3 is 0 Å². The Morgan fingerprint density at radius 1 is 1.10 bits per heavy atom. The summed E-state index contributed by atoms with van der Waals surface area (Å²) < 4.78 is 2.28. The molecule has 21 heavy (non-hydrogen) atoms. The smallest absolute Gasteiger partial charge is 0.0372 e. The van der Waals surface area contributed by atoms with Crippen molar-refractivity contribution in [3.05, 3.63) is 68.1 Å². The molecule has 0 aliphatic heterocycles. The van der Waals surface area contributed by atoms with Crippen LogP contribution in [-0.2, 0) is 6.42 Å². The highest BCUT2D eigenvalue weighted by Crippen LogP contribution is 2.29.